The first-order valence-corrected chi connectivity index (χ1v) is 11.3. The minimum atomic E-state index is -0.142. The van der Waals surface area contributed by atoms with E-state index in [2.05, 4.69) is 27.1 Å². The number of nitrogens with zero attached hydrogens (tertiary/aromatic N) is 3. The summed E-state index contributed by atoms with van der Waals surface area (Å²) in [4.78, 5) is 25.1. The lowest BCUT2D eigenvalue weighted by molar-refractivity contribution is 0.103. The molecule has 1 amide bonds. The first-order valence-electron chi connectivity index (χ1n) is 9.59. The Hall–Kier alpha value is -2.09. The van der Waals surface area contributed by atoms with Crippen molar-refractivity contribution < 1.29 is 4.79 Å². The maximum Gasteiger partial charge on any atom is 0.269 e. The Morgan fingerprint density at radius 1 is 1.21 bits per heavy atom. The maximum absolute atomic E-state index is 12.9. The zero-order chi connectivity index (χ0) is 19.5. The molecule has 1 fully saturated rings. The summed E-state index contributed by atoms with van der Waals surface area (Å²) >= 11 is 2.90. The molecular weight excluding hydrogens is 388 g/mol. The van der Waals surface area contributed by atoms with Crippen LogP contribution in [0.1, 0.15) is 40.1 Å². The van der Waals surface area contributed by atoms with E-state index in [-0.39, 0.29) is 5.91 Å². The fourth-order valence-electron chi connectivity index (χ4n) is 3.41. The van der Waals surface area contributed by atoms with Crippen LogP contribution in [0.15, 0.2) is 35.7 Å². The molecule has 0 bridgehead atoms. The highest BCUT2D eigenvalue weighted by atomic mass is 32.1. The number of hydrogen-bond donors (Lipinski definition) is 1. The zero-order valence-corrected chi connectivity index (χ0v) is 17.8. The number of rotatable bonds is 5. The zero-order valence-electron chi connectivity index (χ0n) is 16.1. The molecule has 146 valence electrons. The number of hydrogen-bond acceptors (Lipinski definition) is 6. The van der Waals surface area contributed by atoms with Gasteiger partial charge in [0.15, 0.2) is 5.13 Å². The van der Waals surface area contributed by atoms with Gasteiger partial charge in [-0.3, -0.25) is 15.0 Å². The molecule has 0 atom stereocenters. The van der Waals surface area contributed by atoms with Gasteiger partial charge in [-0.25, -0.2) is 9.97 Å². The van der Waals surface area contributed by atoms with Gasteiger partial charge >= 0.3 is 0 Å². The highest BCUT2D eigenvalue weighted by molar-refractivity contribution is 7.15. The van der Waals surface area contributed by atoms with Crippen molar-refractivity contribution in [2.45, 2.75) is 33.2 Å². The summed E-state index contributed by atoms with van der Waals surface area (Å²) in [6.07, 6.45) is 2.50. The molecule has 3 heterocycles. The highest BCUT2D eigenvalue weighted by Crippen LogP contribution is 2.29. The minimum Gasteiger partial charge on any atom is -0.297 e. The third kappa shape index (κ3) is 4.48. The molecule has 0 unspecified atom stereocenters. The summed E-state index contributed by atoms with van der Waals surface area (Å²) in [6.45, 7) is 7.35. The molecule has 1 aromatic carbocycles. The van der Waals surface area contributed by atoms with Crippen molar-refractivity contribution in [3.63, 3.8) is 0 Å². The van der Waals surface area contributed by atoms with E-state index in [1.807, 2.05) is 42.6 Å². The van der Waals surface area contributed by atoms with Crippen molar-refractivity contribution in [2.24, 2.45) is 5.92 Å². The Morgan fingerprint density at radius 2 is 1.96 bits per heavy atom. The number of nitrogens with one attached hydrogen (secondary N) is 1. The van der Waals surface area contributed by atoms with Gasteiger partial charge in [-0.15, -0.1) is 22.7 Å². The number of likely N-dealkylation sites (tertiary alicyclic amines) is 1. The van der Waals surface area contributed by atoms with E-state index < -0.39 is 0 Å². The van der Waals surface area contributed by atoms with Crippen LogP contribution in [-0.2, 0) is 6.54 Å². The summed E-state index contributed by atoms with van der Waals surface area (Å²) in [5.74, 6) is 0.681. The van der Waals surface area contributed by atoms with E-state index in [9.17, 15) is 4.79 Å². The van der Waals surface area contributed by atoms with Gasteiger partial charge < -0.3 is 0 Å². The van der Waals surface area contributed by atoms with Gasteiger partial charge in [-0.2, -0.15) is 0 Å². The Bertz CT molecular complexity index is 942. The molecule has 3 aromatic rings. The molecular formula is C21H24N4OS2. The van der Waals surface area contributed by atoms with E-state index >= 15 is 0 Å². The molecule has 7 heteroatoms. The van der Waals surface area contributed by atoms with Crippen molar-refractivity contribution >= 4 is 33.7 Å². The molecule has 5 nitrogen and oxygen atoms in total. The van der Waals surface area contributed by atoms with Crippen LogP contribution in [0.3, 0.4) is 0 Å². The molecule has 2 aromatic heterocycles. The number of carbonyl (C=O) groups excluding carboxylic acids is 1. The van der Waals surface area contributed by atoms with Gasteiger partial charge in [0.2, 0.25) is 0 Å². The van der Waals surface area contributed by atoms with Gasteiger partial charge in [0.25, 0.3) is 5.91 Å². The summed E-state index contributed by atoms with van der Waals surface area (Å²) in [5.41, 5.74) is 2.72. The predicted octanol–water partition coefficient (Wildman–Crippen LogP) is 5.06. The first-order chi connectivity index (χ1) is 13.6. The van der Waals surface area contributed by atoms with Gasteiger partial charge in [-0.05, 0) is 38.8 Å². The Balaban J connectivity index is 1.44. The fourth-order valence-corrected chi connectivity index (χ4v) is 4.95. The van der Waals surface area contributed by atoms with Gasteiger partial charge in [0.05, 0.1) is 16.4 Å². The number of carbonyl (C=O) groups is 1. The third-order valence-electron chi connectivity index (χ3n) is 5.02. The number of anilines is 1. The number of benzene rings is 1. The van der Waals surface area contributed by atoms with Crippen LogP contribution in [0.2, 0.25) is 0 Å². The molecule has 0 radical (unpaired) electrons. The fraction of sp³-hybridized carbons (Fsp3) is 0.381. The molecule has 1 aliphatic rings. The van der Waals surface area contributed by atoms with E-state index in [0.29, 0.717) is 10.0 Å². The van der Waals surface area contributed by atoms with Gasteiger partial charge in [0.1, 0.15) is 4.88 Å². The third-order valence-corrected chi connectivity index (χ3v) is 6.80. The predicted molar refractivity (Wildman–Crippen MR) is 116 cm³/mol. The summed E-state index contributed by atoms with van der Waals surface area (Å²) in [6, 6.07) is 9.83. The number of aromatic nitrogens is 2. The lowest BCUT2D eigenvalue weighted by Crippen LogP contribution is -2.32. The number of aryl methyl sites for hydroxylation is 1. The lowest BCUT2D eigenvalue weighted by atomic mass is 9.99. The van der Waals surface area contributed by atoms with Crippen molar-refractivity contribution in [2.75, 3.05) is 18.4 Å². The first kappa shape index (κ1) is 19.2. The summed E-state index contributed by atoms with van der Waals surface area (Å²) in [7, 11) is 0. The second kappa shape index (κ2) is 8.51. The van der Waals surface area contributed by atoms with Crippen LogP contribution >= 0.6 is 22.7 Å². The van der Waals surface area contributed by atoms with Crippen molar-refractivity contribution in [1.82, 2.24) is 14.9 Å². The molecule has 0 saturated carbocycles. The highest BCUT2D eigenvalue weighted by Gasteiger charge is 2.20. The van der Waals surface area contributed by atoms with Crippen LogP contribution in [-0.4, -0.2) is 33.9 Å². The minimum absolute atomic E-state index is 0.142. The van der Waals surface area contributed by atoms with E-state index in [1.54, 1.807) is 0 Å². The summed E-state index contributed by atoms with van der Waals surface area (Å²) in [5, 5.41) is 6.54. The number of amides is 1. The summed E-state index contributed by atoms with van der Waals surface area (Å²) < 4.78 is 0. The second-order valence-electron chi connectivity index (χ2n) is 7.33. The van der Waals surface area contributed by atoms with Crippen LogP contribution < -0.4 is 5.32 Å². The molecule has 1 N–H and O–H groups in total. The monoisotopic (exact) mass is 412 g/mol. The van der Waals surface area contributed by atoms with Crippen LogP contribution in [0.5, 0.6) is 0 Å². The Labute approximate surface area is 173 Å². The van der Waals surface area contributed by atoms with Crippen LogP contribution in [0.25, 0.3) is 11.3 Å². The quantitative estimate of drug-likeness (QED) is 0.636. The lowest BCUT2D eigenvalue weighted by Gasteiger charge is -2.29. The Kier molecular flexibility index (Phi) is 5.85. The van der Waals surface area contributed by atoms with E-state index in [0.717, 1.165) is 47.5 Å². The van der Waals surface area contributed by atoms with E-state index in [4.69, 9.17) is 0 Å². The topological polar surface area (TPSA) is 58.1 Å². The standard InChI is InChI=1S/C21H24N4OS2/c1-14-8-10-25(11-9-14)12-17-13-27-21(23-17)24-20(26)19-18(22-15(2)28-19)16-6-4-3-5-7-16/h3-7,13-14H,8-12H2,1-2H3,(H,23,24,26). The second-order valence-corrected chi connectivity index (χ2v) is 9.39. The normalized spacial score (nSPS) is 15.6. The average molecular weight is 413 g/mol. The van der Waals surface area contributed by atoms with Crippen LogP contribution in [0, 0.1) is 12.8 Å². The van der Waals surface area contributed by atoms with E-state index in [1.165, 1.54) is 35.5 Å². The SMILES string of the molecule is Cc1nc(-c2ccccc2)c(C(=O)Nc2nc(CN3CCC(C)CC3)cs2)s1. The van der Waals surface area contributed by atoms with Gasteiger partial charge in [0, 0.05) is 17.5 Å². The molecule has 1 saturated heterocycles. The largest absolute Gasteiger partial charge is 0.297 e. The van der Waals surface area contributed by atoms with Gasteiger partial charge in [-0.1, -0.05) is 37.3 Å². The maximum atomic E-state index is 12.9. The molecule has 0 spiro atoms. The Morgan fingerprint density at radius 3 is 2.71 bits per heavy atom. The molecule has 0 aliphatic carbocycles. The molecule has 1 aliphatic heterocycles. The molecule has 28 heavy (non-hydrogen) atoms. The number of piperidine rings is 1. The van der Waals surface area contributed by atoms with Crippen LogP contribution in [0.4, 0.5) is 5.13 Å². The molecule has 4 rings (SSSR count). The van der Waals surface area contributed by atoms with Crippen molar-refractivity contribution in [1.29, 1.82) is 0 Å². The average Bonchev–Trinajstić information content (AvgIpc) is 3.30. The smallest absolute Gasteiger partial charge is 0.269 e. The number of thiazole rings is 2. The van der Waals surface area contributed by atoms with Crippen molar-refractivity contribution in [3.05, 3.63) is 51.3 Å². The van der Waals surface area contributed by atoms with Crippen molar-refractivity contribution in [3.8, 4) is 11.3 Å².